The molecule has 0 bridgehead atoms. The third kappa shape index (κ3) is 7.59. The van der Waals surface area contributed by atoms with Gasteiger partial charge in [-0.1, -0.05) is 60.7 Å². The van der Waals surface area contributed by atoms with Crippen LogP contribution in [0.4, 0.5) is 23.4 Å². The van der Waals surface area contributed by atoms with Gasteiger partial charge in [0.25, 0.3) is 0 Å². The van der Waals surface area contributed by atoms with Crippen molar-refractivity contribution in [2.24, 2.45) is 10.7 Å². The summed E-state index contributed by atoms with van der Waals surface area (Å²) in [4.78, 5) is 26.5. The predicted molar refractivity (Wildman–Crippen MR) is 219 cm³/mol. The number of hydrogen-bond acceptors (Lipinski definition) is 12. The van der Waals surface area contributed by atoms with Gasteiger partial charge in [0.15, 0.2) is 5.82 Å². The summed E-state index contributed by atoms with van der Waals surface area (Å²) < 4.78 is 0. The quantitative estimate of drug-likeness (QED) is 0.119. The maximum absolute atomic E-state index is 9.75. The Morgan fingerprint density at radius 1 is 0.709 bits per heavy atom. The number of H-pyrrole nitrogens is 1. The molecular weight excluding hydrogens is 714 g/mol. The van der Waals surface area contributed by atoms with Crippen LogP contribution in [0.15, 0.2) is 102 Å². The van der Waals surface area contributed by atoms with Crippen molar-refractivity contribution in [3.8, 4) is 0 Å². The Bertz CT molecular complexity index is 2470. The van der Waals surface area contributed by atoms with E-state index in [4.69, 9.17) is 22.3 Å². The van der Waals surface area contributed by atoms with Crippen molar-refractivity contribution in [1.82, 2.24) is 30.1 Å². The van der Waals surface area contributed by atoms with E-state index in [-0.39, 0.29) is 30.6 Å². The van der Waals surface area contributed by atoms with Crippen LogP contribution in [0.1, 0.15) is 36.8 Å². The summed E-state index contributed by atoms with van der Waals surface area (Å²) in [5.41, 5.74) is 10.6. The van der Waals surface area contributed by atoms with E-state index in [2.05, 4.69) is 51.3 Å². The lowest BCUT2D eigenvalue weighted by Crippen LogP contribution is -2.33. The monoisotopic (exact) mass is 755 g/mol. The number of para-hydroxylation sites is 3. The van der Waals surface area contributed by atoms with E-state index in [1.54, 1.807) is 0 Å². The number of aliphatic hydroxyl groups is 2. The minimum atomic E-state index is 0.0994. The highest BCUT2D eigenvalue weighted by Gasteiger charge is 2.28. The first-order valence-corrected chi connectivity index (χ1v) is 18.9. The topological polar surface area (TPSA) is 178 Å². The van der Waals surface area contributed by atoms with Gasteiger partial charge in [-0.05, 0) is 79.2 Å². The summed E-state index contributed by atoms with van der Waals surface area (Å²) in [6.07, 6.45) is 4.09. The molecule has 3 aromatic heterocycles. The number of aromatic nitrogens is 6. The van der Waals surface area contributed by atoms with Crippen LogP contribution in [0.3, 0.4) is 0 Å². The van der Waals surface area contributed by atoms with Crippen LogP contribution in [-0.4, -0.2) is 84.6 Å². The molecule has 10 rings (SSSR count). The van der Waals surface area contributed by atoms with E-state index >= 15 is 0 Å². The van der Waals surface area contributed by atoms with E-state index < -0.39 is 0 Å². The van der Waals surface area contributed by atoms with Crippen LogP contribution < -0.4 is 20.9 Å². The number of fused-ring (bicyclic) bond motifs is 4. The molecule has 55 heavy (non-hydrogen) atoms. The van der Waals surface area contributed by atoms with Gasteiger partial charge >= 0.3 is 0 Å². The third-order valence-electron chi connectivity index (χ3n) is 10.3. The molecule has 6 heterocycles. The molecule has 3 aliphatic heterocycles. The number of amidine groups is 1. The van der Waals surface area contributed by atoms with Crippen molar-refractivity contribution in [3.05, 3.63) is 113 Å². The van der Waals surface area contributed by atoms with E-state index in [1.165, 1.54) is 5.56 Å². The molecule has 280 valence electrons. The normalized spacial score (nSPS) is 17.5. The fourth-order valence-corrected chi connectivity index (χ4v) is 7.69. The Balaban J connectivity index is 0.000000130. The Morgan fingerprint density at radius 2 is 1.29 bits per heavy atom. The van der Waals surface area contributed by atoms with Crippen LogP contribution in [-0.2, 0) is 6.54 Å². The number of benzene rings is 4. The highest BCUT2D eigenvalue weighted by Crippen LogP contribution is 2.33. The number of nitrogens with zero attached hydrogens (tertiary/aromatic N) is 8. The lowest BCUT2D eigenvalue weighted by Gasteiger charge is -2.25. The van der Waals surface area contributed by atoms with E-state index in [9.17, 15) is 10.2 Å². The second kappa shape index (κ2) is 16.2. The molecule has 0 aliphatic carbocycles. The molecule has 0 saturated carbocycles. The average molecular weight is 756 g/mol. The molecule has 2 atom stereocenters. The van der Waals surface area contributed by atoms with Crippen LogP contribution in [0.2, 0.25) is 5.28 Å². The van der Waals surface area contributed by atoms with Crippen molar-refractivity contribution >= 4 is 73.5 Å². The number of nitrogens with two attached hydrogens (primary N) is 1. The Kier molecular flexibility index (Phi) is 10.7. The lowest BCUT2D eigenvalue weighted by molar-refractivity contribution is 0.266. The number of rotatable bonds is 6. The van der Waals surface area contributed by atoms with Gasteiger partial charge in [0, 0.05) is 34.8 Å². The maximum atomic E-state index is 9.75. The maximum Gasteiger partial charge on any atom is 0.231 e. The Morgan fingerprint density at radius 3 is 1.96 bits per heavy atom. The van der Waals surface area contributed by atoms with E-state index in [0.717, 1.165) is 95.2 Å². The zero-order valence-corrected chi connectivity index (χ0v) is 30.9. The number of hydrogen-bond donors (Lipinski definition) is 5. The standard InChI is InChI=1S/C20H20N6O.C13H14ClN3O.C8H8N2/c27-12-13-6-5-11-26(13)19-15-8-2-3-9-16(15)21-20(23-19)22-18-14-7-1-4-10-17(14)24-25-18;14-13-15-11-6-2-1-5-10(11)12(16-13)17-7-3-4-9(17)8-18;9-8-7-4-2-1-3-6(7)5-10-8/h1-4,7-10,13,27H,5-6,11-12H2,(H2,21,22,23,24,25);1-2,5-6,9,18H,3-4,7-8H2;1-4H,5H2,(H2,9,10)/t13-;9-;/m00./s1. The van der Waals surface area contributed by atoms with Crippen molar-refractivity contribution in [2.75, 3.05) is 41.4 Å². The first-order valence-electron chi connectivity index (χ1n) is 18.5. The number of aliphatic hydroxyl groups excluding tert-OH is 2. The number of aliphatic imine (C=N–C) groups is 1. The predicted octanol–water partition coefficient (Wildman–Crippen LogP) is 6.36. The third-order valence-corrected chi connectivity index (χ3v) is 10.4. The minimum absolute atomic E-state index is 0.0994. The van der Waals surface area contributed by atoms with Gasteiger partial charge in [-0.15, -0.1) is 0 Å². The van der Waals surface area contributed by atoms with Crippen LogP contribution in [0.25, 0.3) is 32.7 Å². The van der Waals surface area contributed by atoms with Gasteiger partial charge in [-0.3, -0.25) is 10.1 Å². The fourth-order valence-electron chi connectivity index (χ4n) is 7.52. The van der Waals surface area contributed by atoms with E-state index in [1.807, 2.05) is 91.0 Å². The first-order chi connectivity index (χ1) is 27.0. The molecule has 2 saturated heterocycles. The van der Waals surface area contributed by atoms with Crippen molar-refractivity contribution in [2.45, 2.75) is 44.3 Å². The summed E-state index contributed by atoms with van der Waals surface area (Å²) >= 11 is 5.98. The highest BCUT2D eigenvalue weighted by atomic mass is 35.5. The molecule has 0 spiro atoms. The zero-order chi connectivity index (χ0) is 37.7. The molecule has 13 nitrogen and oxygen atoms in total. The number of aromatic amines is 1. The molecule has 0 amide bonds. The zero-order valence-electron chi connectivity index (χ0n) is 30.2. The number of anilines is 4. The molecule has 0 unspecified atom stereocenters. The molecule has 0 radical (unpaired) electrons. The SMILES string of the molecule is NC1=NCc2ccccc21.OC[C@@H]1CCCN1c1nc(Cl)nc2ccccc12.OC[C@@H]1CCCN1c1nc(Nc2n[nH]c3ccccc23)nc2ccccc12. The molecular formula is C41H42ClN11O2. The van der Waals surface area contributed by atoms with Gasteiger partial charge in [0.2, 0.25) is 11.2 Å². The van der Waals surface area contributed by atoms with Gasteiger partial charge in [0.1, 0.15) is 17.5 Å². The minimum Gasteiger partial charge on any atom is -0.394 e. The summed E-state index contributed by atoms with van der Waals surface area (Å²) in [5.74, 6) is 3.58. The summed E-state index contributed by atoms with van der Waals surface area (Å²) in [5, 5.41) is 33.0. The largest absolute Gasteiger partial charge is 0.394 e. The van der Waals surface area contributed by atoms with Crippen molar-refractivity contribution in [1.29, 1.82) is 0 Å². The Labute approximate surface area is 322 Å². The number of nitrogens with one attached hydrogen (secondary N) is 2. The van der Waals surface area contributed by atoms with Gasteiger partial charge in [-0.2, -0.15) is 15.1 Å². The van der Waals surface area contributed by atoms with Gasteiger partial charge in [0.05, 0.1) is 48.4 Å². The van der Waals surface area contributed by atoms with Crippen LogP contribution in [0, 0.1) is 0 Å². The number of halogens is 1. The van der Waals surface area contributed by atoms with Crippen molar-refractivity contribution in [3.63, 3.8) is 0 Å². The van der Waals surface area contributed by atoms with Crippen LogP contribution in [0.5, 0.6) is 0 Å². The molecule has 4 aromatic carbocycles. The van der Waals surface area contributed by atoms with Crippen LogP contribution >= 0.6 is 11.6 Å². The summed E-state index contributed by atoms with van der Waals surface area (Å²) in [6.45, 7) is 2.82. The molecule has 14 heteroatoms. The van der Waals surface area contributed by atoms with Crippen molar-refractivity contribution < 1.29 is 10.2 Å². The lowest BCUT2D eigenvalue weighted by atomic mass is 10.1. The first kappa shape index (κ1) is 36.1. The second-order valence-electron chi connectivity index (χ2n) is 13.7. The highest BCUT2D eigenvalue weighted by molar-refractivity contribution is 6.28. The van der Waals surface area contributed by atoms with E-state index in [0.29, 0.717) is 17.6 Å². The fraction of sp³-hybridized carbons (Fsp3) is 0.268. The van der Waals surface area contributed by atoms with Gasteiger partial charge < -0.3 is 31.1 Å². The molecule has 2 fully saturated rings. The molecule has 7 aromatic rings. The average Bonchev–Trinajstić information content (AvgIpc) is 4.05. The smallest absolute Gasteiger partial charge is 0.231 e. The van der Waals surface area contributed by atoms with Gasteiger partial charge in [-0.25, -0.2) is 9.97 Å². The second-order valence-corrected chi connectivity index (χ2v) is 14.0. The Hall–Kier alpha value is -5.89. The molecule has 6 N–H and O–H groups in total. The molecule has 3 aliphatic rings. The summed E-state index contributed by atoms with van der Waals surface area (Å²) in [6, 6.07) is 32.0. The summed E-state index contributed by atoms with van der Waals surface area (Å²) in [7, 11) is 0.